The number of nitrogens with zero attached hydrogens (tertiary/aromatic N) is 4. The molecule has 0 atom stereocenters. The van der Waals surface area contributed by atoms with E-state index in [2.05, 4.69) is 28.9 Å². The lowest BCUT2D eigenvalue weighted by molar-refractivity contribution is 0.0588. The van der Waals surface area contributed by atoms with E-state index in [1.54, 1.807) is 18.8 Å². The molecule has 0 unspecified atom stereocenters. The Balaban J connectivity index is 3.28. The van der Waals surface area contributed by atoms with Crippen molar-refractivity contribution in [1.82, 2.24) is 10.2 Å². The van der Waals surface area contributed by atoms with Gasteiger partial charge in [-0.3, -0.25) is 4.90 Å². The average Bonchev–Trinajstić information content (AvgIpc) is 2.47. The summed E-state index contributed by atoms with van der Waals surface area (Å²) in [5, 5.41) is 9.40. The van der Waals surface area contributed by atoms with Crippen molar-refractivity contribution in [3.8, 4) is 0 Å². The van der Waals surface area contributed by atoms with E-state index in [0.717, 1.165) is 29.4 Å². The number of amides is 1. The zero-order valence-electron chi connectivity index (χ0n) is 15.4. The first-order valence-electron chi connectivity index (χ1n) is 7.79. The second kappa shape index (κ2) is 7.86. The minimum absolute atomic E-state index is 0.433. The molecule has 0 aliphatic rings. The highest BCUT2D eigenvalue weighted by atomic mass is 32.2. The molecular weight excluding hydrogens is 312 g/mol. The third-order valence-corrected chi connectivity index (χ3v) is 4.05. The standard InChI is InChI=1S/C16H28N4O2S/c1-9-20(10-2)12-11(3)13(17-18-14(12)23-8)19(7)15(21)22-16(4,5)6/h9-10H2,1-8H3. The van der Waals surface area contributed by atoms with Gasteiger partial charge in [-0.05, 0) is 47.8 Å². The van der Waals surface area contributed by atoms with Gasteiger partial charge >= 0.3 is 6.09 Å². The van der Waals surface area contributed by atoms with Gasteiger partial charge in [-0.2, -0.15) is 0 Å². The molecule has 0 fully saturated rings. The summed E-state index contributed by atoms with van der Waals surface area (Å²) in [7, 11) is 1.66. The normalized spacial score (nSPS) is 11.3. The van der Waals surface area contributed by atoms with Crippen LogP contribution >= 0.6 is 11.8 Å². The first-order valence-corrected chi connectivity index (χ1v) is 9.01. The summed E-state index contributed by atoms with van der Waals surface area (Å²) in [5.41, 5.74) is 1.41. The monoisotopic (exact) mass is 340 g/mol. The van der Waals surface area contributed by atoms with E-state index in [1.807, 2.05) is 34.0 Å². The molecule has 0 spiro atoms. The number of hydrogen-bond donors (Lipinski definition) is 0. The second-order valence-electron chi connectivity index (χ2n) is 6.22. The van der Waals surface area contributed by atoms with Crippen molar-refractivity contribution in [1.29, 1.82) is 0 Å². The molecule has 1 aromatic rings. The molecule has 1 amide bonds. The second-order valence-corrected chi connectivity index (χ2v) is 7.01. The number of carbonyl (C=O) groups is 1. The van der Waals surface area contributed by atoms with Crippen LogP contribution in [0, 0.1) is 6.92 Å². The van der Waals surface area contributed by atoms with E-state index < -0.39 is 11.7 Å². The van der Waals surface area contributed by atoms with Gasteiger partial charge < -0.3 is 9.64 Å². The summed E-state index contributed by atoms with van der Waals surface area (Å²) in [6, 6.07) is 0. The van der Waals surface area contributed by atoms with Crippen molar-refractivity contribution in [3.05, 3.63) is 5.56 Å². The van der Waals surface area contributed by atoms with Gasteiger partial charge in [0.15, 0.2) is 5.82 Å². The minimum atomic E-state index is -0.548. The number of hydrogen-bond acceptors (Lipinski definition) is 6. The molecule has 0 saturated carbocycles. The topological polar surface area (TPSA) is 58.6 Å². The van der Waals surface area contributed by atoms with Gasteiger partial charge in [0.1, 0.15) is 10.6 Å². The predicted octanol–water partition coefficient (Wildman–Crippen LogP) is 3.72. The van der Waals surface area contributed by atoms with Gasteiger partial charge in [-0.25, -0.2) is 4.79 Å². The SMILES string of the molecule is CCN(CC)c1c(SC)nnc(N(C)C(=O)OC(C)(C)C)c1C. The van der Waals surface area contributed by atoms with E-state index in [9.17, 15) is 4.79 Å². The average molecular weight is 340 g/mol. The summed E-state index contributed by atoms with van der Waals surface area (Å²) in [5.74, 6) is 0.527. The fourth-order valence-corrected chi connectivity index (χ4v) is 2.86. The van der Waals surface area contributed by atoms with Crippen molar-refractivity contribution < 1.29 is 9.53 Å². The lowest BCUT2D eigenvalue weighted by atomic mass is 10.2. The minimum Gasteiger partial charge on any atom is -0.443 e. The van der Waals surface area contributed by atoms with Gasteiger partial charge in [0, 0.05) is 25.7 Å². The largest absolute Gasteiger partial charge is 0.443 e. The molecule has 0 aliphatic carbocycles. The van der Waals surface area contributed by atoms with Crippen LogP contribution in [0.2, 0.25) is 0 Å². The van der Waals surface area contributed by atoms with Crippen LogP contribution in [0.4, 0.5) is 16.3 Å². The van der Waals surface area contributed by atoms with Crippen molar-refractivity contribution in [2.75, 3.05) is 36.2 Å². The lowest BCUT2D eigenvalue weighted by Crippen LogP contribution is -2.35. The quantitative estimate of drug-likeness (QED) is 0.761. The maximum Gasteiger partial charge on any atom is 0.415 e. The van der Waals surface area contributed by atoms with E-state index in [1.165, 1.54) is 4.90 Å². The predicted molar refractivity (Wildman–Crippen MR) is 96.7 cm³/mol. The molecule has 6 nitrogen and oxygen atoms in total. The Hall–Kier alpha value is -1.50. The highest BCUT2D eigenvalue weighted by Gasteiger charge is 2.25. The highest BCUT2D eigenvalue weighted by Crippen LogP contribution is 2.34. The van der Waals surface area contributed by atoms with Crippen LogP contribution in [0.5, 0.6) is 0 Å². The van der Waals surface area contributed by atoms with Crippen LogP contribution in [-0.4, -0.2) is 48.3 Å². The first kappa shape index (κ1) is 19.5. The summed E-state index contributed by atoms with van der Waals surface area (Å²) in [6.45, 7) is 13.4. The first-order chi connectivity index (χ1) is 10.7. The van der Waals surface area contributed by atoms with Crippen LogP contribution in [0.3, 0.4) is 0 Å². The van der Waals surface area contributed by atoms with Gasteiger partial charge in [0.05, 0.1) is 5.69 Å². The highest BCUT2D eigenvalue weighted by molar-refractivity contribution is 7.98. The molecule has 1 aromatic heterocycles. The summed E-state index contributed by atoms with van der Waals surface area (Å²) in [4.78, 5) is 15.9. The van der Waals surface area contributed by atoms with Gasteiger partial charge in [-0.1, -0.05) is 0 Å². The Morgan fingerprint density at radius 2 is 1.78 bits per heavy atom. The van der Waals surface area contributed by atoms with E-state index in [-0.39, 0.29) is 0 Å². The third-order valence-electron chi connectivity index (χ3n) is 3.39. The summed E-state index contributed by atoms with van der Waals surface area (Å²) in [6.07, 6.45) is 1.55. The Morgan fingerprint density at radius 3 is 2.22 bits per heavy atom. The maximum absolute atomic E-state index is 12.3. The number of thioether (sulfide) groups is 1. The summed E-state index contributed by atoms with van der Waals surface area (Å²) < 4.78 is 5.42. The fourth-order valence-electron chi connectivity index (χ4n) is 2.27. The zero-order valence-corrected chi connectivity index (χ0v) is 16.2. The molecule has 0 radical (unpaired) electrons. The molecule has 0 aliphatic heterocycles. The van der Waals surface area contributed by atoms with Crippen molar-refractivity contribution in [2.45, 2.75) is 52.2 Å². The molecule has 0 saturated heterocycles. The van der Waals surface area contributed by atoms with Crippen LogP contribution in [0.1, 0.15) is 40.2 Å². The van der Waals surface area contributed by atoms with Gasteiger partial charge in [0.25, 0.3) is 0 Å². The van der Waals surface area contributed by atoms with Crippen molar-refractivity contribution in [2.24, 2.45) is 0 Å². The fraction of sp³-hybridized carbons (Fsp3) is 0.688. The molecular formula is C16H28N4O2S. The van der Waals surface area contributed by atoms with E-state index in [4.69, 9.17) is 4.74 Å². The van der Waals surface area contributed by atoms with Crippen LogP contribution in [0.25, 0.3) is 0 Å². The lowest BCUT2D eigenvalue weighted by Gasteiger charge is -2.28. The van der Waals surface area contributed by atoms with Crippen molar-refractivity contribution in [3.63, 3.8) is 0 Å². The number of ether oxygens (including phenoxy) is 1. The maximum atomic E-state index is 12.3. The number of aromatic nitrogens is 2. The van der Waals surface area contributed by atoms with E-state index >= 15 is 0 Å². The molecule has 1 heterocycles. The zero-order chi connectivity index (χ0) is 17.8. The molecule has 0 bridgehead atoms. The number of rotatable bonds is 5. The molecule has 23 heavy (non-hydrogen) atoms. The Bertz CT molecular complexity index is 554. The molecule has 7 heteroatoms. The number of carbonyl (C=O) groups excluding carboxylic acids is 1. The molecule has 0 aromatic carbocycles. The summed E-state index contributed by atoms with van der Waals surface area (Å²) >= 11 is 1.56. The van der Waals surface area contributed by atoms with Crippen molar-refractivity contribution >= 4 is 29.4 Å². The smallest absolute Gasteiger partial charge is 0.415 e. The van der Waals surface area contributed by atoms with Crippen LogP contribution in [0.15, 0.2) is 5.03 Å². The Morgan fingerprint density at radius 1 is 1.22 bits per heavy atom. The third kappa shape index (κ3) is 4.73. The molecule has 1 rings (SSSR count). The Labute approximate surface area is 143 Å². The van der Waals surface area contributed by atoms with Gasteiger partial charge in [-0.15, -0.1) is 22.0 Å². The molecule has 130 valence electrons. The van der Waals surface area contributed by atoms with E-state index in [0.29, 0.717) is 5.82 Å². The van der Waals surface area contributed by atoms with Gasteiger partial charge in [0.2, 0.25) is 0 Å². The van der Waals surface area contributed by atoms with Crippen LogP contribution < -0.4 is 9.80 Å². The van der Waals surface area contributed by atoms with Crippen LogP contribution in [-0.2, 0) is 4.74 Å². The Kier molecular flexibility index (Phi) is 6.68. The molecule has 0 N–H and O–H groups in total. The number of anilines is 2.